The van der Waals surface area contributed by atoms with Gasteiger partial charge >= 0.3 is 5.97 Å². The van der Waals surface area contributed by atoms with Gasteiger partial charge in [0.1, 0.15) is 0 Å². The largest absolute Gasteiger partial charge is 0.481 e. The van der Waals surface area contributed by atoms with E-state index < -0.39 is 5.97 Å². The van der Waals surface area contributed by atoms with Gasteiger partial charge in [0.2, 0.25) is 0 Å². The van der Waals surface area contributed by atoms with Crippen LogP contribution in [0.4, 0.5) is 5.69 Å². The molecular weight excluding hydrogens is 580 g/mol. The molecule has 2 fully saturated rings. The lowest BCUT2D eigenvalue weighted by Crippen LogP contribution is -2.39. The Bertz CT molecular complexity index is 1530. The number of nitrogens with zero attached hydrogens (tertiary/aromatic N) is 4. The minimum absolute atomic E-state index is 0.00752. The van der Waals surface area contributed by atoms with E-state index in [0.717, 1.165) is 105 Å². The van der Waals surface area contributed by atoms with Gasteiger partial charge in [0.25, 0.3) is 0 Å². The van der Waals surface area contributed by atoms with Crippen LogP contribution in [-0.4, -0.2) is 58.6 Å². The van der Waals surface area contributed by atoms with Crippen LogP contribution in [0.3, 0.4) is 0 Å². The van der Waals surface area contributed by atoms with Gasteiger partial charge in [-0.05, 0) is 98.3 Å². The second-order valence-corrected chi connectivity index (χ2v) is 14.8. The van der Waals surface area contributed by atoms with Crippen molar-refractivity contribution in [3.8, 4) is 11.1 Å². The highest BCUT2D eigenvalue weighted by Crippen LogP contribution is 2.43. The highest BCUT2D eigenvalue weighted by Gasteiger charge is 2.32. The van der Waals surface area contributed by atoms with E-state index in [1.54, 1.807) is 0 Å². The maximum Gasteiger partial charge on any atom is 0.307 e. The van der Waals surface area contributed by atoms with Gasteiger partial charge in [0.05, 0.1) is 17.8 Å². The van der Waals surface area contributed by atoms with Gasteiger partial charge in [-0.25, -0.2) is 0 Å². The number of aryl methyl sites for hydroxylation is 2. The van der Waals surface area contributed by atoms with Gasteiger partial charge in [0.15, 0.2) is 0 Å². The molecule has 4 heterocycles. The van der Waals surface area contributed by atoms with Gasteiger partial charge < -0.3 is 10.0 Å². The summed E-state index contributed by atoms with van der Waals surface area (Å²) in [5.74, 6) is -0.799. The van der Waals surface area contributed by atoms with Crippen molar-refractivity contribution < 1.29 is 9.90 Å². The Labute approximate surface area is 274 Å². The van der Waals surface area contributed by atoms with Crippen molar-refractivity contribution >= 4 is 23.3 Å². The molecule has 240 valence electrons. The lowest BCUT2D eigenvalue weighted by atomic mass is 9.81. The van der Waals surface area contributed by atoms with Gasteiger partial charge in [-0.1, -0.05) is 62.2 Å². The van der Waals surface area contributed by atoms with Crippen LogP contribution in [0.25, 0.3) is 11.1 Å². The zero-order valence-corrected chi connectivity index (χ0v) is 28.3. The first-order chi connectivity index (χ1) is 21.6. The molecule has 1 aromatic heterocycles. The van der Waals surface area contributed by atoms with Gasteiger partial charge in [-0.15, -0.1) is 0 Å². The van der Waals surface area contributed by atoms with Crippen LogP contribution in [-0.2, 0) is 37.3 Å². The fraction of sp³-hybridized carbons (Fsp3) is 0.526. The van der Waals surface area contributed by atoms with Crippen molar-refractivity contribution in [2.75, 3.05) is 37.6 Å². The van der Waals surface area contributed by atoms with Crippen molar-refractivity contribution in [2.45, 2.75) is 92.3 Å². The Morgan fingerprint density at radius 3 is 2.38 bits per heavy atom. The van der Waals surface area contributed by atoms with Crippen molar-refractivity contribution in [1.82, 2.24) is 14.8 Å². The van der Waals surface area contributed by atoms with E-state index in [1.165, 1.54) is 47.1 Å². The standard InChI is InChI=1S/C38H49ClN4O2/c1-26-9-8-10-33(39)32(26)24-42-18-13-28-21-29(11-12-30(28)23-42)36-34(25-41-16-6-5-7-17-41)40-27(2)31(22-35(44)45)37(36)43-19-14-38(3,4)15-20-43/h8-12,21H,5-7,13-20,22-25H2,1-4H3,(H,44,45). The zero-order chi connectivity index (χ0) is 31.7. The molecule has 0 bridgehead atoms. The minimum Gasteiger partial charge on any atom is -0.481 e. The van der Waals surface area contributed by atoms with E-state index >= 15 is 0 Å². The van der Waals surface area contributed by atoms with Crippen LogP contribution >= 0.6 is 11.6 Å². The fourth-order valence-electron chi connectivity index (χ4n) is 7.57. The summed E-state index contributed by atoms with van der Waals surface area (Å²) >= 11 is 6.60. The highest BCUT2D eigenvalue weighted by molar-refractivity contribution is 6.31. The Hall–Kier alpha value is -2.93. The Kier molecular flexibility index (Phi) is 9.56. The third kappa shape index (κ3) is 7.24. The molecule has 1 N–H and O–H groups in total. The average Bonchev–Trinajstić information content (AvgIpc) is 3.00. The summed E-state index contributed by atoms with van der Waals surface area (Å²) in [7, 11) is 0. The van der Waals surface area contributed by atoms with Gasteiger partial charge in [-0.2, -0.15) is 0 Å². The number of pyridine rings is 1. The molecule has 3 aliphatic rings. The Balaban J connectivity index is 1.40. The highest BCUT2D eigenvalue weighted by atomic mass is 35.5. The molecule has 0 saturated carbocycles. The zero-order valence-electron chi connectivity index (χ0n) is 27.6. The number of rotatable bonds is 8. The molecule has 0 unspecified atom stereocenters. The van der Waals surface area contributed by atoms with E-state index in [9.17, 15) is 9.90 Å². The topological polar surface area (TPSA) is 59.9 Å². The quantitative estimate of drug-likeness (QED) is 0.274. The van der Waals surface area contributed by atoms with E-state index in [1.807, 2.05) is 19.1 Å². The third-order valence-corrected chi connectivity index (χ3v) is 10.8. The first-order valence-electron chi connectivity index (χ1n) is 16.9. The molecule has 3 aromatic rings. The summed E-state index contributed by atoms with van der Waals surface area (Å²) in [6.45, 7) is 16.4. The number of piperidine rings is 2. The lowest BCUT2D eigenvalue weighted by Gasteiger charge is -2.40. The minimum atomic E-state index is -0.799. The summed E-state index contributed by atoms with van der Waals surface area (Å²) in [5.41, 5.74) is 11.8. The third-order valence-electron chi connectivity index (χ3n) is 10.5. The molecule has 0 spiro atoms. The number of anilines is 1. The molecule has 45 heavy (non-hydrogen) atoms. The molecule has 7 heteroatoms. The van der Waals surface area contributed by atoms with Crippen molar-refractivity contribution in [3.63, 3.8) is 0 Å². The number of hydrogen-bond acceptors (Lipinski definition) is 5. The number of halogens is 1. The monoisotopic (exact) mass is 628 g/mol. The van der Waals surface area contributed by atoms with Gasteiger partial charge in [0, 0.05) is 61.1 Å². The molecule has 0 atom stereocenters. The summed E-state index contributed by atoms with van der Waals surface area (Å²) < 4.78 is 0. The van der Waals surface area contributed by atoms with Crippen LogP contribution < -0.4 is 4.90 Å². The lowest BCUT2D eigenvalue weighted by molar-refractivity contribution is -0.136. The van der Waals surface area contributed by atoms with Gasteiger partial charge in [-0.3, -0.25) is 19.6 Å². The SMILES string of the molecule is Cc1cccc(Cl)c1CN1CCc2cc(-c3c(CN4CCCCC4)nc(C)c(CC(=O)O)c3N3CCC(C)(C)CC3)ccc2C1. The summed E-state index contributed by atoms with van der Waals surface area (Å²) in [4.78, 5) is 25.0. The Morgan fingerprint density at radius 2 is 1.67 bits per heavy atom. The average molecular weight is 629 g/mol. The fourth-order valence-corrected chi connectivity index (χ4v) is 7.85. The van der Waals surface area contributed by atoms with Crippen LogP contribution in [0.1, 0.15) is 85.2 Å². The number of hydrogen-bond donors (Lipinski definition) is 1. The van der Waals surface area contributed by atoms with Crippen molar-refractivity contribution in [1.29, 1.82) is 0 Å². The number of carboxylic acids is 1. The van der Waals surface area contributed by atoms with Crippen molar-refractivity contribution in [2.24, 2.45) is 5.41 Å². The molecule has 2 aromatic carbocycles. The predicted octanol–water partition coefficient (Wildman–Crippen LogP) is 7.82. The summed E-state index contributed by atoms with van der Waals surface area (Å²) in [6, 6.07) is 13.1. The van der Waals surface area contributed by atoms with Crippen LogP contribution in [0.5, 0.6) is 0 Å². The smallest absolute Gasteiger partial charge is 0.307 e. The summed E-state index contributed by atoms with van der Waals surface area (Å²) in [5, 5.41) is 10.9. The first-order valence-corrected chi connectivity index (χ1v) is 17.3. The number of carboxylic acid groups (broad SMARTS) is 1. The molecule has 2 saturated heterocycles. The second kappa shape index (κ2) is 13.4. The number of benzene rings is 2. The molecular formula is C38H49ClN4O2. The molecule has 3 aliphatic heterocycles. The number of aliphatic carboxylic acids is 1. The van der Waals surface area contributed by atoms with Crippen molar-refractivity contribution in [3.05, 3.63) is 80.6 Å². The molecule has 6 rings (SSSR count). The van der Waals surface area contributed by atoms with E-state index in [4.69, 9.17) is 16.6 Å². The van der Waals surface area contributed by atoms with Crippen LogP contribution in [0.2, 0.25) is 5.02 Å². The predicted molar refractivity (Wildman–Crippen MR) is 184 cm³/mol. The number of likely N-dealkylation sites (tertiary alicyclic amines) is 1. The number of carbonyl (C=O) groups is 1. The summed E-state index contributed by atoms with van der Waals surface area (Å²) in [6.07, 6.45) is 6.89. The first kappa shape index (κ1) is 32.0. The van der Waals surface area contributed by atoms with E-state index in [-0.39, 0.29) is 6.42 Å². The maximum absolute atomic E-state index is 12.2. The molecule has 0 amide bonds. The van der Waals surface area contributed by atoms with Crippen LogP contribution in [0, 0.1) is 19.3 Å². The molecule has 0 radical (unpaired) electrons. The maximum atomic E-state index is 12.2. The molecule has 0 aliphatic carbocycles. The van der Waals surface area contributed by atoms with E-state index in [0.29, 0.717) is 5.41 Å². The second-order valence-electron chi connectivity index (χ2n) is 14.4. The number of aromatic nitrogens is 1. The normalized spacial score (nSPS) is 19.0. The van der Waals surface area contributed by atoms with E-state index in [2.05, 4.69) is 59.7 Å². The molecule has 6 nitrogen and oxygen atoms in total. The van der Waals surface area contributed by atoms with Crippen LogP contribution in [0.15, 0.2) is 36.4 Å². The number of fused-ring (bicyclic) bond motifs is 1. The Morgan fingerprint density at radius 1 is 0.911 bits per heavy atom.